The maximum Gasteiger partial charge on any atom is 0.224 e. The van der Waals surface area contributed by atoms with Gasteiger partial charge in [-0.15, -0.1) is 0 Å². The van der Waals surface area contributed by atoms with E-state index in [4.69, 9.17) is 10.5 Å². The van der Waals surface area contributed by atoms with Crippen molar-refractivity contribution in [1.82, 2.24) is 0 Å². The van der Waals surface area contributed by atoms with Crippen molar-refractivity contribution < 1.29 is 9.53 Å². The Balaban J connectivity index is 2.59. The summed E-state index contributed by atoms with van der Waals surface area (Å²) < 4.78 is 5.97. The SMILES string of the molecule is COc1ccc(NC(=O)CC(CN)CC(C)C)cc1Br. The number of amides is 1. The van der Waals surface area contributed by atoms with Crippen molar-refractivity contribution >= 4 is 27.5 Å². The minimum atomic E-state index is -0.00170. The van der Waals surface area contributed by atoms with Crippen LogP contribution in [0.5, 0.6) is 5.75 Å². The zero-order chi connectivity index (χ0) is 15.1. The molecule has 1 atom stereocenters. The van der Waals surface area contributed by atoms with Gasteiger partial charge >= 0.3 is 0 Å². The Morgan fingerprint density at radius 2 is 2.15 bits per heavy atom. The summed E-state index contributed by atoms with van der Waals surface area (Å²) in [6, 6.07) is 5.46. The molecular weight excluding hydrogens is 320 g/mol. The highest BCUT2D eigenvalue weighted by Crippen LogP contribution is 2.28. The molecule has 112 valence electrons. The van der Waals surface area contributed by atoms with Crippen LogP contribution >= 0.6 is 15.9 Å². The fourth-order valence-electron chi connectivity index (χ4n) is 2.15. The maximum absolute atomic E-state index is 12.0. The van der Waals surface area contributed by atoms with Gasteiger partial charge in [-0.05, 0) is 58.9 Å². The zero-order valence-electron chi connectivity index (χ0n) is 12.3. The van der Waals surface area contributed by atoms with Gasteiger partial charge in [0.1, 0.15) is 5.75 Å². The average molecular weight is 343 g/mol. The van der Waals surface area contributed by atoms with Crippen molar-refractivity contribution in [2.75, 3.05) is 19.0 Å². The van der Waals surface area contributed by atoms with E-state index >= 15 is 0 Å². The molecule has 0 bridgehead atoms. The van der Waals surface area contributed by atoms with E-state index in [-0.39, 0.29) is 11.8 Å². The quantitative estimate of drug-likeness (QED) is 0.797. The predicted molar refractivity (Wildman–Crippen MR) is 85.9 cm³/mol. The molecule has 0 spiro atoms. The van der Waals surface area contributed by atoms with Gasteiger partial charge in [0.25, 0.3) is 0 Å². The van der Waals surface area contributed by atoms with Gasteiger partial charge in [-0.25, -0.2) is 0 Å². The number of rotatable bonds is 7. The number of carbonyl (C=O) groups excluding carboxylic acids is 1. The topological polar surface area (TPSA) is 64.3 Å². The molecular formula is C15H23BrN2O2. The summed E-state index contributed by atoms with van der Waals surface area (Å²) >= 11 is 3.40. The monoisotopic (exact) mass is 342 g/mol. The van der Waals surface area contributed by atoms with Crippen LogP contribution in [-0.4, -0.2) is 19.6 Å². The van der Waals surface area contributed by atoms with Crippen molar-refractivity contribution in [3.05, 3.63) is 22.7 Å². The molecule has 0 aliphatic heterocycles. The van der Waals surface area contributed by atoms with Gasteiger partial charge < -0.3 is 15.8 Å². The molecule has 0 radical (unpaired) electrons. The molecule has 4 nitrogen and oxygen atoms in total. The third-order valence-electron chi connectivity index (χ3n) is 3.05. The van der Waals surface area contributed by atoms with Crippen LogP contribution in [0.2, 0.25) is 0 Å². The fraction of sp³-hybridized carbons (Fsp3) is 0.533. The molecule has 0 saturated carbocycles. The lowest BCUT2D eigenvalue weighted by Gasteiger charge is -2.16. The third-order valence-corrected chi connectivity index (χ3v) is 3.67. The lowest BCUT2D eigenvalue weighted by Crippen LogP contribution is -2.23. The Hall–Kier alpha value is -1.07. The summed E-state index contributed by atoms with van der Waals surface area (Å²) in [5.74, 6) is 1.52. The van der Waals surface area contributed by atoms with Gasteiger partial charge in [0.05, 0.1) is 11.6 Å². The molecule has 1 aromatic rings. The fourth-order valence-corrected chi connectivity index (χ4v) is 2.69. The van der Waals surface area contributed by atoms with Crippen molar-refractivity contribution in [2.24, 2.45) is 17.6 Å². The molecule has 3 N–H and O–H groups in total. The molecule has 0 aliphatic rings. The number of carbonyl (C=O) groups is 1. The molecule has 0 heterocycles. The number of benzene rings is 1. The molecule has 0 aliphatic carbocycles. The van der Waals surface area contributed by atoms with E-state index in [9.17, 15) is 4.79 Å². The number of anilines is 1. The van der Waals surface area contributed by atoms with Crippen molar-refractivity contribution in [2.45, 2.75) is 26.7 Å². The minimum absolute atomic E-state index is 0.00170. The lowest BCUT2D eigenvalue weighted by molar-refractivity contribution is -0.117. The first-order valence-corrected chi connectivity index (χ1v) is 7.59. The van der Waals surface area contributed by atoms with E-state index in [1.54, 1.807) is 7.11 Å². The lowest BCUT2D eigenvalue weighted by atomic mass is 9.94. The van der Waals surface area contributed by atoms with Crippen LogP contribution in [0.1, 0.15) is 26.7 Å². The Bertz CT molecular complexity index is 449. The normalized spacial score (nSPS) is 12.3. The van der Waals surface area contributed by atoms with E-state index in [0.717, 1.165) is 22.3 Å². The summed E-state index contributed by atoms with van der Waals surface area (Å²) in [5.41, 5.74) is 6.47. The zero-order valence-corrected chi connectivity index (χ0v) is 13.9. The maximum atomic E-state index is 12.0. The highest BCUT2D eigenvalue weighted by atomic mass is 79.9. The first-order chi connectivity index (χ1) is 9.46. The van der Waals surface area contributed by atoms with Gasteiger partial charge in [-0.3, -0.25) is 4.79 Å². The minimum Gasteiger partial charge on any atom is -0.496 e. The summed E-state index contributed by atoms with van der Waals surface area (Å²) in [7, 11) is 1.61. The molecule has 1 rings (SSSR count). The summed E-state index contributed by atoms with van der Waals surface area (Å²) in [4.78, 5) is 12.0. The van der Waals surface area contributed by atoms with Crippen LogP contribution in [-0.2, 0) is 4.79 Å². The number of methoxy groups -OCH3 is 1. The van der Waals surface area contributed by atoms with E-state index in [1.807, 2.05) is 18.2 Å². The van der Waals surface area contributed by atoms with E-state index in [2.05, 4.69) is 35.1 Å². The standard InChI is InChI=1S/C15H23BrN2O2/c1-10(2)6-11(9-17)7-15(19)18-12-4-5-14(20-3)13(16)8-12/h4-5,8,10-11H,6-7,9,17H2,1-3H3,(H,18,19). The molecule has 1 amide bonds. The van der Waals surface area contributed by atoms with Crippen molar-refractivity contribution in [3.8, 4) is 5.75 Å². The Kier molecular flexibility index (Phi) is 7.02. The number of nitrogens with two attached hydrogens (primary N) is 1. The van der Waals surface area contributed by atoms with E-state index in [1.165, 1.54) is 0 Å². The summed E-state index contributed by atoms with van der Waals surface area (Å²) in [5, 5.41) is 2.89. The van der Waals surface area contributed by atoms with Crippen LogP contribution in [0.15, 0.2) is 22.7 Å². The third kappa shape index (κ3) is 5.51. The smallest absolute Gasteiger partial charge is 0.224 e. The van der Waals surface area contributed by atoms with Crippen LogP contribution in [0.3, 0.4) is 0 Å². The van der Waals surface area contributed by atoms with E-state index in [0.29, 0.717) is 18.9 Å². The van der Waals surface area contributed by atoms with Crippen molar-refractivity contribution in [1.29, 1.82) is 0 Å². The number of nitrogens with one attached hydrogen (secondary N) is 1. The van der Waals surface area contributed by atoms with Crippen LogP contribution in [0.4, 0.5) is 5.69 Å². The van der Waals surface area contributed by atoms with Gasteiger partial charge in [-0.2, -0.15) is 0 Å². The number of ether oxygens (including phenoxy) is 1. The van der Waals surface area contributed by atoms with Gasteiger partial charge in [-0.1, -0.05) is 13.8 Å². The summed E-state index contributed by atoms with van der Waals surface area (Å²) in [6.07, 6.45) is 1.43. The van der Waals surface area contributed by atoms with Crippen LogP contribution in [0, 0.1) is 11.8 Å². The highest BCUT2D eigenvalue weighted by Gasteiger charge is 2.14. The van der Waals surface area contributed by atoms with E-state index < -0.39 is 0 Å². The average Bonchev–Trinajstić information content (AvgIpc) is 2.37. The first kappa shape index (κ1) is 17.0. The predicted octanol–water partition coefficient (Wildman–Crippen LogP) is 3.41. The number of hydrogen-bond donors (Lipinski definition) is 2. The van der Waals surface area contributed by atoms with Gasteiger partial charge in [0, 0.05) is 12.1 Å². The largest absolute Gasteiger partial charge is 0.496 e. The molecule has 20 heavy (non-hydrogen) atoms. The summed E-state index contributed by atoms with van der Waals surface area (Å²) in [6.45, 7) is 4.82. The van der Waals surface area contributed by atoms with Gasteiger partial charge in [0.2, 0.25) is 5.91 Å². The Labute approximate surface area is 129 Å². The first-order valence-electron chi connectivity index (χ1n) is 6.79. The number of halogens is 1. The highest BCUT2D eigenvalue weighted by molar-refractivity contribution is 9.10. The number of hydrogen-bond acceptors (Lipinski definition) is 3. The molecule has 0 fully saturated rings. The molecule has 0 saturated heterocycles. The van der Waals surface area contributed by atoms with Crippen molar-refractivity contribution in [3.63, 3.8) is 0 Å². The van der Waals surface area contributed by atoms with Crippen LogP contribution in [0.25, 0.3) is 0 Å². The second-order valence-electron chi connectivity index (χ2n) is 5.33. The molecule has 5 heteroatoms. The second-order valence-corrected chi connectivity index (χ2v) is 6.19. The van der Waals surface area contributed by atoms with Gasteiger partial charge in [0.15, 0.2) is 0 Å². The molecule has 0 aromatic heterocycles. The molecule has 1 unspecified atom stereocenters. The second kappa shape index (κ2) is 8.27. The Morgan fingerprint density at radius 1 is 1.45 bits per heavy atom. The molecule has 1 aromatic carbocycles. The Morgan fingerprint density at radius 3 is 2.65 bits per heavy atom. The van der Waals surface area contributed by atoms with Crippen LogP contribution < -0.4 is 15.8 Å².